The number of carbonyl (C=O) groups is 2. The minimum absolute atomic E-state index is 0.167. The Morgan fingerprint density at radius 2 is 1.85 bits per heavy atom. The van der Waals surface area contributed by atoms with Gasteiger partial charge in [0.25, 0.3) is 0 Å². The highest BCUT2D eigenvalue weighted by molar-refractivity contribution is 6.53. The molecule has 1 aromatic carbocycles. The Morgan fingerprint density at radius 3 is 2.30 bits per heavy atom. The summed E-state index contributed by atoms with van der Waals surface area (Å²) in [5, 5.41) is 2.80. The van der Waals surface area contributed by atoms with Crippen molar-refractivity contribution in [2.75, 3.05) is 7.11 Å². The zero-order chi connectivity index (χ0) is 15.0. The molecule has 0 spiro atoms. The van der Waals surface area contributed by atoms with Gasteiger partial charge in [-0.25, -0.2) is 4.79 Å². The fraction of sp³-hybridized carbons (Fsp3) is 0.429. The van der Waals surface area contributed by atoms with Crippen molar-refractivity contribution >= 4 is 35.1 Å². The Morgan fingerprint density at radius 1 is 1.30 bits per heavy atom. The van der Waals surface area contributed by atoms with E-state index in [1.54, 1.807) is 31.2 Å². The van der Waals surface area contributed by atoms with Crippen LogP contribution in [-0.4, -0.2) is 23.3 Å². The number of hydrogen-bond donors (Lipinski definition) is 1. The molecule has 0 aromatic heterocycles. The number of ether oxygens (including phenoxy) is 1. The van der Waals surface area contributed by atoms with E-state index in [9.17, 15) is 9.59 Å². The highest BCUT2D eigenvalue weighted by Gasteiger charge is 2.67. The standard InChI is InChI=1S/C14H15Cl2NO3/c1-13(8-14(13,15)16)12(19)17-7-9-3-5-10(6-4-9)11(18)20-2/h3-6H,7-8H2,1-2H3,(H,17,19). The third-order valence-electron chi connectivity index (χ3n) is 3.59. The average molecular weight is 316 g/mol. The summed E-state index contributed by atoms with van der Waals surface area (Å²) in [7, 11) is 1.33. The van der Waals surface area contributed by atoms with Gasteiger partial charge in [-0.1, -0.05) is 12.1 Å². The molecule has 108 valence electrons. The first-order chi connectivity index (χ1) is 9.30. The molecule has 1 aromatic rings. The maximum Gasteiger partial charge on any atom is 0.337 e. The smallest absolute Gasteiger partial charge is 0.337 e. The van der Waals surface area contributed by atoms with Crippen molar-refractivity contribution in [2.24, 2.45) is 5.41 Å². The van der Waals surface area contributed by atoms with E-state index < -0.39 is 9.75 Å². The van der Waals surface area contributed by atoms with E-state index in [-0.39, 0.29) is 11.9 Å². The van der Waals surface area contributed by atoms with E-state index in [2.05, 4.69) is 10.1 Å². The quantitative estimate of drug-likeness (QED) is 0.686. The average Bonchev–Trinajstić information content (AvgIpc) is 2.96. The molecule has 4 nitrogen and oxygen atoms in total. The van der Waals surface area contributed by atoms with Crippen molar-refractivity contribution in [1.82, 2.24) is 5.32 Å². The molecule has 1 saturated carbocycles. The van der Waals surface area contributed by atoms with Gasteiger partial charge in [-0.3, -0.25) is 4.79 Å². The minimum atomic E-state index is -0.966. The summed E-state index contributed by atoms with van der Waals surface area (Å²) in [4.78, 5) is 23.3. The summed E-state index contributed by atoms with van der Waals surface area (Å²) in [6.07, 6.45) is 0.455. The van der Waals surface area contributed by atoms with Crippen LogP contribution in [0.1, 0.15) is 29.3 Å². The van der Waals surface area contributed by atoms with E-state index in [0.717, 1.165) is 5.56 Å². The molecule has 0 saturated heterocycles. The molecule has 1 fully saturated rings. The van der Waals surface area contributed by atoms with E-state index in [4.69, 9.17) is 23.2 Å². The largest absolute Gasteiger partial charge is 0.465 e. The lowest BCUT2D eigenvalue weighted by Gasteiger charge is -2.12. The number of rotatable bonds is 4. The van der Waals surface area contributed by atoms with Crippen LogP contribution in [0.2, 0.25) is 0 Å². The fourth-order valence-corrected chi connectivity index (χ4v) is 2.61. The van der Waals surface area contributed by atoms with Gasteiger partial charge in [-0.05, 0) is 31.0 Å². The Bertz CT molecular complexity index is 542. The van der Waals surface area contributed by atoms with Crippen molar-refractivity contribution in [3.8, 4) is 0 Å². The van der Waals surface area contributed by atoms with Crippen molar-refractivity contribution in [3.05, 3.63) is 35.4 Å². The van der Waals surface area contributed by atoms with Crippen LogP contribution in [0.3, 0.4) is 0 Å². The molecule has 1 aliphatic carbocycles. The number of benzene rings is 1. The molecule has 1 N–H and O–H groups in total. The molecular weight excluding hydrogens is 301 g/mol. The SMILES string of the molecule is COC(=O)c1ccc(CNC(=O)C2(C)CC2(Cl)Cl)cc1. The first-order valence-electron chi connectivity index (χ1n) is 6.13. The molecule has 6 heteroatoms. The number of carbonyl (C=O) groups excluding carboxylic acids is 2. The second kappa shape index (κ2) is 5.26. The molecule has 0 bridgehead atoms. The second-order valence-electron chi connectivity index (χ2n) is 5.08. The number of amides is 1. The Hall–Kier alpha value is -1.26. The van der Waals surface area contributed by atoms with Crippen LogP contribution in [0.15, 0.2) is 24.3 Å². The van der Waals surface area contributed by atoms with Gasteiger partial charge in [0.2, 0.25) is 5.91 Å². The molecule has 1 amide bonds. The topological polar surface area (TPSA) is 55.4 Å². The Kier molecular flexibility index (Phi) is 3.98. The molecule has 1 aliphatic rings. The van der Waals surface area contributed by atoms with Gasteiger partial charge in [-0.15, -0.1) is 23.2 Å². The van der Waals surface area contributed by atoms with Gasteiger partial charge in [-0.2, -0.15) is 0 Å². The van der Waals surface area contributed by atoms with Crippen LogP contribution in [-0.2, 0) is 16.1 Å². The summed E-state index contributed by atoms with van der Waals surface area (Å²) >= 11 is 11.9. The Labute approximate surface area is 127 Å². The van der Waals surface area contributed by atoms with Crippen LogP contribution in [0.25, 0.3) is 0 Å². The first kappa shape index (κ1) is 15.1. The number of methoxy groups -OCH3 is 1. The number of halogens is 2. The Balaban J connectivity index is 1.92. The predicted octanol–water partition coefficient (Wildman–Crippen LogP) is 2.67. The highest BCUT2D eigenvalue weighted by atomic mass is 35.5. The minimum Gasteiger partial charge on any atom is -0.465 e. The summed E-state index contributed by atoms with van der Waals surface area (Å²) < 4.78 is 3.65. The van der Waals surface area contributed by atoms with Crippen LogP contribution in [0.4, 0.5) is 0 Å². The zero-order valence-electron chi connectivity index (χ0n) is 11.2. The van der Waals surface area contributed by atoms with E-state index in [1.807, 2.05) is 0 Å². The molecule has 2 rings (SSSR count). The molecule has 1 atom stereocenters. The van der Waals surface area contributed by atoms with Gasteiger partial charge in [0, 0.05) is 6.54 Å². The summed E-state index contributed by atoms with van der Waals surface area (Å²) in [6.45, 7) is 2.10. The van der Waals surface area contributed by atoms with Crippen LogP contribution >= 0.6 is 23.2 Å². The lowest BCUT2D eigenvalue weighted by atomic mass is 10.1. The lowest BCUT2D eigenvalue weighted by Crippen LogP contribution is -2.32. The zero-order valence-corrected chi connectivity index (χ0v) is 12.7. The maximum atomic E-state index is 12.0. The third kappa shape index (κ3) is 2.76. The summed E-state index contributed by atoms with van der Waals surface area (Å²) in [5.41, 5.74) is 0.629. The number of nitrogens with one attached hydrogen (secondary N) is 1. The molecule has 20 heavy (non-hydrogen) atoms. The predicted molar refractivity (Wildman–Crippen MR) is 76.8 cm³/mol. The molecular formula is C14H15Cl2NO3. The van der Waals surface area contributed by atoms with Crippen molar-refractivity contribution < 1.29 is 14.3 Å². The maximum absolute atomic E-state index is 12.0. The molecule has 0 aliphatic heterocycles. The van der Waals surface area contributed by atoms with E-state index in [0.29, 0.717) is 18.5 Å². The van der Waals surface area contributed by atoms with Gasteiger partial charge >= 0.3 is 5.97 Å². The normalized spacial score (nSPS) is 23.0. The summed E-state index contributed by atoms with van der Waals surface area (Å²) in [6, 6.07) is 6.83. The number of alkyl halides is 2. The van der Waals surface area contributed by atoms with Crippen molar-refractivity contribution in [1.29, 1.82) is 0 Å². The third-order valence-corrected chi connectivity index (χ3v) is 4.69. The van der Waals surface area contributed by atoms with E-state index >= 15 is 0 Å². The van der Waals surface area contributed by atoms with Crippen molar-refractivity contribution in [3.63, 3.8) is 0 Å². The van der Waals surface area contributed by atoms with Gasteiger partial charge in [0.05, 0.1) is 18.1 Å². The van der Waals surface area contributed by atoms with E-state index in [1.165, 1.54) is 7.11 Å². The first-order valence-corrected chi connectivity index (χ1v) is 6.89. The number of esters is 1. The summed E-state index contributed by atoms with van der Waals surface area (Å²) in [5.74, 6) is -0.556. The monoisotopic (exact) mass is 315 g/mol. The fourth-order valence-electron chi connectivity index (χ4n) is 1.90. The molecule has 1 unspecified atom stereocenters. The lowest BCUT2D eigenvalue weighted by molar-refractivity contribution is -0.125. The second-order valence-corrected chi connectivity index (χ2v) is 6.57. The van der Waals surface area contributed by atoms with Crippen LogP contribution in [0, 0.1) is 5.41 Å². The van der Waals surface area contributed by atoms with Crippen LogP contribution in [0.5, 0.6) is 0 Å². The van der Waals surface area contributed by atoms with Crippen molar-refractivity contribution in [2.45, 2.75) is 24.2 Å². The van der Waals surface area contributed by atoms with Crippen LogP contribution < -0.4 is 5.32 Å². The van der Waals surface area contributed by atoms with Gasteiger partial charge in [0.15, 0.2) is 0 Å². The molecule has 0 heterocycles. The highest BCUT2D eigenvalue weighted by Crippen LogP contribution is 2.63. The van der Waals surface area contributed by atoms with Gasteiger partial charge in [0.1, 0.15) is 4.33 Å². The number of hydrogen-bond acceptors (Lipinski definition) is 3. The molecule has 0 radical (unpaired) electrons. The van der Waals surface area contributed by atoms with Gasteiger partial charge < -0.3 is 10.1 Å².